The number of hydrogen-bond donors (Lipinski definition) is 0. The van der Waals surface area contributed by atoms with Crippen LogP contribution in [0.1, 0.15) is 35.8 Å². The van der Waals surface area contributed by atoms with E-state index in [2.05, 4.69) is 14.8 Å². The molecule has 0 N–H and O–H groups in total. The Morgan fingerprint density at radius 2 is 2.12 bits per heavy atom. The van der Waals surface area contributed by atoms with Gasteiger partial charge in [0.1, 0.15) is 18.1 Å². The number of halogens is 1. The Labute approximate surface area is 192 Å². The van der Waals surface area contributed by atoms with Gasteiger partial charge in [-0.1, -0.05) is 35.5 Å². The highest BCUT2D eigenvalue weighted by atomic mass is 35.5. The topological polar surface area (TPSA) is 102 Å². The van der Waals surface area contributed by atoms with Gasteiger partial charge >= 0.3 is 0 Å². The molecule has 1 aliphatic heterocycles. The molecule has 32 heavy (non-hydrogen) atoms. The fraction of sp³-hybridized carbons (Fsp3) is 0.333. The highest BCUT2D eigenvalue weighted by Crippen LogP contribution is 2.41. The number of benzene rings is 2. The maximum atomic E-state index is 11.3. The van der Waals surface area contributed by atoms with Crippen LogP contribution in [-0.2, 0) is 23.7 Å². The Morgan fingerprint density at radius 1 is 1.28 bits per heavy atom. The molecule has 1 aromatic heterocycles. The molecule has 0 radical (unpaired) electrons. The number of thioether (sulfide) groups is 1. The van der Waals surface area contributed by atoms with Gasteiger partial charge in [-0.15, -0.1) is 10.2 Å². The van der Waals surface area contributed by atoms with Crippen LogP contribution >= 0.6 is 23.4 Å². The second kappa shape index (κ2) is 8.97. The van der Waals surface area contributed by atoms with Gasteiger partial charge in [-0.2, -0.15) is 0 Å². The highest BCUT2D eigenvalue weighted by molar-refractivity contribution is 7.98. The Morgan fingerprint density at radius 3 is 2.91 bits per heavy atom. The van der Waals surface area contributed by atoms with Crippen molar-refractivity contribution < 1.29 is 19.1 Å². The minimum Gasteiger partial charge on any atom is -0.484 e. The van der Waals surface area contributed by atoms with Crippen molar-refractivity contribution in [2.45, 2.75) is 43.0 Å². The highest BCUT2D eigenvalue weighted by Gasteiger charge is 2.30. The van der Waals surface area contributed by atoms with E-state index in [1.165, 1.54) is 17.8 Å². The predicted molar refractivity (Wildman–Crippen MR) is 117 cm³/mol. The maximum Gasteiger partial charge on any atom is 0.270 e. The van der Waals surface area contributed by atoms with Crippen molar-refractivity contribution >= 4 is 29.1 Å². The lowest BCUT2D eigenvalue weighted by Crippen LogP contribution is -2.13. The van der Waals surface area contributed by atoms with Crippen LogP contribution in [0.5, 0.6) is 11.5 Å². The molecule has 1 saturated carbocycles. The van der Waals surface area contributed by atoms with E-state index in [-0.39, 0.29) is 25.7 Å². The maximum absolute atomic E-state index is 11.3. The molecule has 1 aliphatic carbocycles. The summed E-state index contributed by atoms with van der Waals surface area (Å²) in [4.78, 5) is 10.9. The first-order valence-corrected chi connectivity index (χ1v) is 11.4. The summed E-state index contributed by atoms with van der Waals surface area (Å²) in [5.74, 6) is 2.42. The molecule has 0 spiro atoms. The van der Waals surface area contributed by atoms with Crippen molar-refractivity contribution in [3.8, 4) is 11.5 Å². The van der Waals surface area contributed by atoms with Crippen molar-refractivity contribution in [1.29, 1.82) is 0 Å². The van der Waals surface area contributed by atoms with Gasteiger partial charge in [0, 0.05) is 35.1 Å². The summed E-state index contributed by atoms with van der Waals surface area (Å²) in [6.07, 6.45) is 2.11. The van der Waals surface area contributed by atoms with Crippen molar-refractivity contribution in [1.82, 2.24) is 14.8 Å². The summed E-state index contributed by atoms with van der Waals surface area (Å²) < 4.78 is 18.9. The van der Waals surface area contributed by atoms with E-state index in [1.807, 2.05) is 18.2 Å². The lowest BCUT2D eigenvalue weighted by molar-refractivity contribution is -0.385. The fourth-order valence-electron chi connectivity index (χ4n) is 3.54. The van der Waals surface area contributed by atoms with E-state index in [0.29, 0.717) is 33.9 Å². The van der Waals surface area contributed by atoms with Crippen LogP contribution in [0.15, 0.2) is 41.6 Å². The van der Waals surface area contributed by atoms with E-state index >= 15 is 0 Å². The van der Waals surface area contributed by atoms with E-state index in [9.17, 15) is 10.1 Å². The van der Waals surface area contributed by atoms with Crippen LogP contribution < -0.4 is 9.47 Å². The van der Waals surface area contributed by atoms with Crippen LogP contribution in [0.2, 0.25) is 5.02 Å². The number of nitro groups is 1. The van der Waals surface area contributed by atoms with E-state index < -0.39 is 4.92 Å². The molecule has 0 bridgehead atoms. The van der Waals surface area contributed by atoms with Gasteiger partial charge in [0.05, 0.1) is 16.6 Å². The van der Waals surface area contributed by atoms with Gasteiger partial charge in [0.2, 0.25) is 0 Å². The van der Waals surface area contributed by atoms with Gasteiger partial charge in [-0.3, -0.25) is 14.7 Å². The number of ether oxygens (including phenoxy) is 3. The molecule has 2 aromatic carbocycles. The summed E-state index contributed by atoms with van der Waals surface area (Å²) in [6, 6.07) is 10.7. The molecule has 166 valence electrons. The Bertz CT molecular complexity index is 1170. The molecule has 0 unspecified atom stereocenters. The van der Waals surface area contributed by atoms with Crippen molar-refractivity contribution in [2.75, 3.05) is 6.79 Å². The normalized spacial score (nSPS) is 15.2. The number of nitrogens with zero attached hydrogens (tertiary/aromatic N) is 4. The summed E-state index contributed by atoms with van der Waals surface area (Å²) in [5.41, 5.74) is 1.44. The molecule has 0 saturated heterocycles. The number of rotatable bonds is 8. The number of hydrogen-bond acceptors (Lipinski definition) is 8. The average Bonchev–Trinajstić information content (AvgIpc) is 3.56. The third kappa shape index (κ3) is 4.38. The minimum atomic E-state index is -0.403. The van der Waals surface area contributed by atoms with Gasteiger partial charge < -0.3 is 14.2 Å². The summed E-state index contributed by atoms with van der Waals surface area (Å²) in [6.45, 7) is 0.668. The van der Waals surface area contributed by atoms with Crippen LogP contribution in [0.4, 0.5) is 5.69 Å². The van der Waals surface area contributed by atoms with Gasteiger partial charge in [-0.05, 0) is 25.0 Å². The summed E-state index contributed by atoms with van der Waals surface area (Å²) in [5, 5.41) is 21.3. The molecule has 11 heteroatoms. The summed E-state index contributed by atoms with van der Waals surface area (Å²) >= 11 is 7.65. The van der Waals surface area contributed by atoms with Crippen LogP contribution in [0.3, 0.4) is 0 Å². The largest absolute Gasteiger partial charge is 0.484 e. The standard InChI is InChI=1S/C21H19ClN4O5S/c22-17-3-1-2-4-18(17)30-10-19-23-24-21(25(19)15-5-6-15)32-11-14-8-16(26(27)28)7-13-9-29-12-31-20(13)14/h1-4,7-8,15H,5-6,9-12H2. The minimum absolute atomic E-state index is 0.0194. The molecule has 9 nitrogen and oxygen atoms in total. The zero-order chi connectivity index (χ0) is 22.1. The third-order valence-corrected chi connectivity index (χ3v) is 6.48. The second-order valence-electron chi connectivity index (χ2n) is 7.47. The zero-order valence-electron chi connectivity index (χ0n) is 16.9. The Balaban J connectivity index is 1.36. The van der Waals surface area contributed by atoms with Gasteiger partial charge in [0.15, 0.2) is 17.8 Å². The molecule has 3 aromatic rings. The first-order valence-electron chi connectivity index (χ1n) is 10.0. The predicted octanol–water partition coefficient (Wildman–Crippen LogP) is 4.91. The SMILES string of the molecule is O=[N+]([O-])c1cc2c(c(CSc3nnc(COc4ccccc4Cl)n3C3CC3)c1)OCOC2. The van der Waals surface area contributed by atoms with Gasteiger partial charge in [0.25, 0.3) is 5.69 Å². The smallest absolute Gasteiger partial charge is 0.270 e. The molecule has 1 fully saturated rings. The van der Waals surface area contributed by atoms with Crippen molar-refractivity contribution in [3.63, 3.8) is 0 Å². The molecule has 0 atom stereocenters. The molecule has 2 heterocycles. The van der Waals surface area contributed by atoms with Crippen molar-refractivity contribution in [2.24, 2.45) is 0 Å². The van der Waals surface area contributed by atoms with Crippen molar-refractivity contribution in [3.05, 3.63) is 68.5 Å². The van der Waals surface area contributed by atoms with Crippen LogP contribution in [0.25, 0.3) is 0 Å². The third-order valence-electron chi connectivity index (χ3n) is 5.18. The number of fused-ring (bicyclic) bond motifs is 1. The lowest BCUT2D eigenvalue weighted by atomic mass is 10.1. The first-order chi connectivity index (χ1) is 15.6. The number of nitro benzene ring substituents is 1. The molecule has 5 rings (SSSR count). The Kier molecular flexibility index (Phi) is 5.90. The first kappa shape index (κ1) is 21.0. The fourth-order valence-corrected chi connectivity index (χ4v) is 4.72. The monoisotopic (exact) mass is 474 g/mol. The number of para-hydroxylation sites is 1. The Hall–Kier alpha value is -2.82. The molecule has 2 aliphatic rings. The average molecular weight is 475 g/mol. The van der Waals surface area contributed by atoms with E-state index in [1.54, 1.807) is 12.1 Å². The number of non-ortho nitro benzene ring substituents is 1. The molecular formula is C21H19ClN4O5S. The van der Waals surface area contributed by atoms with Gasteiger partial charge in [-0.25, -0.2) is 0 Å². The molecular weight excluding hydrogens is 456 g/mol. The quantitative estimate of drug-likeness (QED) is 0.258. The van der Waals surface area contributed by atoms with E-state index in [0.717, 1.165) is 29.4 Å². The number of aromatic nitrogens is 3. The molecule has 0 amide bonds. The lowest BCUT2D eigenvalue weighted by Gasteiger charge is -2.20. The zero-order valence-corrected chi connectivity index (χ0v) is 18.5. The second-order valence-corrected chi connectivity index (χ2v) is 8.82. The van der Waals surface area contributed by atoms with Crippen LogP contribution in [0, 0.1) is 10.1 Å². The summed E-state index contributed by atoms with van der Waals surface area (Å²) in [7, 11) is 0. The van der Waals surface area contributed by atoms with E-state index in [4.69, 9.17) is 25.8 Å². The van der Waals surface area contributed by atoms with Crippen LogP contribution in [-0.4, -0.2) is 26.5 Å².